The molecule has 3 N–H and O–H groups in total. The van der Waals surface area contributed by atoms with Crippen LogP contribution in [0.2, 0.25) is 0 Å². The summed E-state index contributed by atoms with van der Waals surface area (Å²) < 4.78 is 0. The van der Waals surface area contributed by atoms with Gasteiger partial charge in [0.05, 0.1) is 6.54 Å². The van der Waals surface area contributed by atoms with E-state index in [1.165, 1.54) is 25.8 Å². The van der Waals surface area contributed by atoms with E-state index in [1.807, 2.05) is 24.4 Å². The number of nitrogens with zero attached hydrogens (tertiary/aromatic N) is 2. The molecule has 0 saturated carbocycles. The first-order chi connectivity index (χ1) is 11.6. The molecule has 0 aromatic carbocycles. The number of hydrogen-bond donors (Lipinski definition) is 3. The maximum atomic E-state index is 10.6. The van der Waals surface area contributed by atoms with Crippen molar-refractivity contribution in [3.8, 4) is 0 Å². The van der Waals surface area contributed by atoms with Crippen LogP contribution >= 0.6 is 35.3 Å². The molecule has 1 aliphatic rings. The highest BCUT2D eigenvalue weighted by Gasteiger charge is 2.24. The Balaban J connectivity index is 0.00000312. The molecule has 1 aromatic rings. The lowest BCUT2D eigenvalue weighted by molar-refractivity contribution is 0.0711. The molecule has 0 amide bonds. The zero-order valence-corrected chi connectivity index (χ0v) is 18.8. The number of likely N-dealkylation sites (tertiary alicyclic amines) is 1. The normalized spacial score (nSPS) is 21.3. The molecule has 2 unspecified atom stereocenters. The SMILES string of the molecule is CCNC(=NCC(C)(O)c1cccs1)NCC1CCCCN1CC.I. The molecule has 1 aromatic heterocycles. The number of thiophene rings is 1. The van der Waals surface area contributed by atoms with Gasteiger partial charge in [-0.25, -0.2) is 4.99 Å². The van der Waals surface area contributed by atoms with Crippen molar-refractivity contribution in [2.24, 2.45) is 4.99 Å². The fourth-order valence-corrected chi connectivity index (χ4v) is 3.94. The largest absolute Gasteiger partial charge is 0.383 e. The van der Waals surface area contributed by atoms with E-state index in [0.29, 0.717) is 12.6 Å². The predicted molar refractivity (Wildman–Crippen MR) is 118 cm³/mol. The first kappa shape index (κ1) is 22.7. The maximum absolute atomic E-state index is 10.6. The van der Waals surface area contributed by atoms with Crippen molar-refractivity contribution >= 4 is 41.3 Å². The topological polar surface area (TPSA) is 59.9 Å². The molecule has 25 heavy (non-hydrogen) atoms. The molecule has 0 aliphatic carbocycles. The highest BCUT2D eigenvalue weighted by atomic mass is 127. The minimum absolute atomic E-state index is 0. The van der Waals surface area contributed by atoms with Crippen LogP contribution in [-0.2, 0) is 5.60 Å². The lowest BCUT2D eigenvalue weighted by atomic mass is 10.0. The monoisotopic (exact) mass is 480 g/mol. The highest BCUT2D eigenvalue weighted by molar-refractivity contribution is 14.0. The predicted octanol–water partition coefficient (Wildman–Crippen LogP) is 3.00. The first-order valence-electron chi connectivity index (χ1n) is 9.09. The summed E-state index contributed by atoms with van der Waals surface area (Å²) in [6.07, 6.45) is 3.86. The van der Waals surface area contributed by atoms with Gasteiger partial charge in [-0.2, -0.15) is 0 Å². The van der Waals surface area contributed by atoms with Crippen LogP contribution in [0.25, 0.3) is 0 Å². The number of likely N-dealkylation sites (N-methyl/N-ethyl adjacent to an activating group) is 1. The second-order valence-corrected chi connectivity index (χ2v) is 7.55. The van der Waals surface area contributed by atoms with Crippen LogP contribution in [0, 0.1) is 0 Å². The molecular weight excluding hydrogens is 447 g/mol. The standard InChI is InChI=1S/C18H32N4OS.HI/c1-4-19-17(20-13-15-9-6-7-11-22(15)5-2)21-14-18(3,23)16-10-8-12-24-16;/h8,10,12,15,23H,4-7,9,11,13-14H2,1-3H3,(H2,19,20,21);1H. The molecule has 2 heterocycles. The lowest BCUT2D eigenvalue weighted by Crippen LogP contribution is -2.49. The van der Waals surface area contributed by atoms with Crippen molar-refractivity contribution in [2.45, 2.75) is 51.7 Å². The molecule has 1 fully saturated rings. The molecule has 1 aliphatic heterocycles. The van der Waals surface area contributed by atoms with Gasteiger partial charge < -0.3 is 15.7 Å². The van der Waals surface area contributed by atoms with E-state index in [9.17, 15) is 5.11 Å². The Morgan fingerprint density at radius 1 is 1.40 bits per heavy atom. The van der Waals surface area contributed by atoms with E-state index >= 15 is 0 Å². The number of piperidine rings is 1. The second kappa shape index (κ2) is 11.4. The maximum Gasteiger partial charge on any atom is 0.191 e. The molecule has 5 nitrogen and oxygen atoms in total. The average Bonchev–Trinajstić information content (AvgIpc) is 3.13. The Morgan fingerprint density at radius 3 is 2.84 bits per heavy atom. The molecule has 0 spiro atoms. The van der Waals surface area contributed by atoms with Crippen LogP contribution in [0.4, 0.5) is 0 Å². The summed E-state index contributed by atoms with van der Waals surface area (Å²) in [4.78, 5) is 8.10. The Hall–Kier alpha value is -0.380. The van der Waals surface area contributed by atoms with Gasteiger partial charge in [0, 0.05) is 24.0 Å². The van der Waals surface area contributed by atoms with Crippen molar-refractivity contribution in [3.05, 3.63) is 22.4 Å². The Labute approximate surface area is 173 Å². The van der Waals surface area contributed by atoms with Crippen molar-refractivity contribution in [1.29, 1.82) is 0 Å². The Kier molecular flexibility index (Phi) is 10.3. The second-order valence-electron chi connectivity index (χ2n) is 6.61. The molecule has 2 rings (SSSR count). The van der Waals surface area contributed by atoms with Crippen LogP contribution in [0.3, 0.4) is 0 Å². The van der Waals surface area contributed by atoms with Crippen LogP contribution in [0.1, 0.15) is 44.9 Å². The molecule has 1 saturated heterocycles. The van der Waals surface area contributed by atoms with E-state index in [1.54, 1.807) is 11.3 Å². The zero-order chi connectivity index (χ0) is 17.4. The van der Waals surface area contributed by atoms with E-state index < -0.39 is 5.60 Å². The third kappa shape index (κ3) is 7.03. The van der Waals surface area contributed by atoms with Crippen molar-refractivity contribution in [1.82, 2.24) is 15.5 Å². The van der Waals surface area contributed by atoms with Gasteiger partial charge in [-0.05, 0) is 51.2 Å². The smallest absolute Gasteiger partial charge is 0.191 e. The van der Waals surface area contributed by atoms with Gasteiger partial charge in [0.1, 0.15) is 5.60 Å². The third-order valence-electron chi connectivity index (χ3n) is 4.60. The number of guanidine groups is 1. The fourth-order valence-electron chi connectivity index (χ4n) is 3.16. The number of rotatable bonds is 7. The summed E-state index contributed by atoms with van der Waals surface area (Å²) in [5.41, 5.74) is -0.920. The van der Waals surface area contributed by atoms with Crippen molar-refractivity contribution in [2.75, 3.05) is 32.7 Å². The Bertz CT molecular complexity index is 507. The number of hydrogen-bond acceptors (Lipinski definition) is 4. The molecule has 0 radical (unpaired) electrons. The van der Waals surface area contributed by atoms with Crippen LogP contribution in [-0.4, -0.2) is 54.7 Å². The van der Waals surface area contributed by atoms with E-state index in [-0.39, 0.29) is 24.0 Å². The van der Waals surface area contributed by atoms with Gasteiger partial charge >= 0.3 is 0 Å². The zero-order valence-electron chi connectivity index (χ0n) is 15.6. The summed E-state index contributed by atoms with van der Waals surface area (Å²) in [7, 11) is 0. The van der Waals surface area contributed by atoms with E-state index in [0.717, 1.165) is 30.5 Å². The van der Waals surface area contributed by atoms with Crippen LogP contribution in [0.5, 0.6) is 0 Å². The van der Waals surface area contributed by atoms with Crippen molar-refractivity contribution in [3.63, 3.8) is 0 Å². The minimum atomic E-state index is -0.920. The average molecular weight is 480 g/mol. The lowest BCUT2D eigenvalue weighted by Gasteiger charge is -2.35. The number of aliphatic hydroxyl groups is 1. The highest BCUT2D eigenvalue weighted by Crippen LogP contribution is 2.25. The van der Waals surface area contributed by atoms with Crippen molar-refractivity contribution < 1.29 is 5.11 Å². The number of aliphatic imine (C=N–C) groups is 1. The summed E-state index contributed by atoms with van der Waals surface area (Å²) in [6.45, 7) is 10.5. The van der Waals surface area contributed by atoms with Crippen LogP contribution in [0.15, 0.2) is 22.5 Å². The van der Waals surface area contributed by atoms with Gasteiger partial charge in [0.2, 0.25) is 0 Å². The summed E-state index contributed by atoms with van der Waals surface area (Å²) >= 11 is 1.57. The van der Waals surface area contributed by atoms with Gasteiger partial charge in [-0.15, -0.1) is 35.3 Å². The van der Waals surface area contributed by atoms with Gasteiger partial charge in [-0.3, -0.25) is 4.90 Å². The Morgan fingerprint density at radius 2 is 2.20 bits per heavy atom. The molecule has 7 heteroatoms. The van der Waals surface area contributed by atoms with Gasteiger partial charge in [0.15, 0.2) is 5.96 Å². The summed E-state index contributed by atoms with van der Waals surface area (Å²) in [5, 5.41) is 19.4. The van der Waals surface area contributed by atoms with Gasteiger partial charge in [0.25, 0.3) is 0 Å². The molecule has 2 atom stereocenters. The molecule has 144 valence electrons. The number of halogens is 1. The third-order valence-corrected chi connectivity index (χ3v) is 5.72. The molecule has 0 bridgehead atoms. The van der Waals surface area contributed by atoms with Gasteiger partial charge in [-0.1, -0.05) is 19.4 Å². The fraction of sp³-hybridized carbons (Fsp3) is 0.722. The minimum Gasteiger partial charge on any atom is -0.383 e. The number of nitrogens with one attached hydrogen (secondary N) is 2. The molecular formula is C18H33IN4OS. The first-order valence-corrected chi connectivity index (χ1v) is 9.97. The van der Waals surface area contributed by atoms with Crippen LogP contribution < -0.4 is 10.6 Å². The quantitative estimate of drug-likeness (QED) is 0.319. The summed E-state index contributed by atoms with van der Waals surface area (Å²) in [5.74, 6) is 0.788. The van der Waals surface area contributed by atoms with E-state index in [2.05, 4.69) is 34.4 Å². The summed E-state index contributed by atoms with van der Waals surface area (Å²) in [6, 6.07) is 4.50. The van der Waals surface area contributed by atoms with E-state index in [4.69, 9.17) is 0 Å².